The number of hydrogen-bond acceptors (Lipinski definition) is 5. The van der Waals surface area contributed by atoms with Crippen LogP contribution in [0.15, 0.2) is 24.5 Å². The highest BCUT2D eigenvalue weighted by molar-refractivity contribution is 7.11. The van der Waals surface area contributed by atoms with Crippen molar-refractivity contribution in [3.8, 4) is 5.75 Å². The maximum absolute atomic E-state index is 12.3. The van der Waals surface area contributed by atoms with Crippen molar-refractivity contribution in [3.63, 3.8) is 0 Å². The van der Waals surface area contributed by atoms with Crippen molar-refractivity contribution in [2.24, 2.45) is 0 Å². The first-order chi connectivity index (χ1) is 11.1. The number of aromatic nitrogens is 2. The second kappa shape index (κ2) is 6.95. The Morgan fingerprint density at radius 1 is 1.52 bits per heavy atom. The molecule has 122 valence electrons. The summed E-state index contributed by atoms with van der Waals surface area (Å²) in [7, 11) is 0. The van der Waals surface area contributed by atoms with E-state index in [9.17, 15) is 4.79 Å². The van der Waals surface area contributed by atoms with Crippen LogP contribution in [0.5, 0.6) is 5.75 Å². The zero-order chi connectivity index (χ0) is 16.2. The molecule has 1 saturated heterocycles. The Morgan fingerprint density at radius 3 is 3.09 bits per heavy atom. The fraction of sp³-hybridized carbons (Fsp3) is 0.438. The number of hydrogen-bond donors (Lipinski definition) is 1. The quantitative estimate of drug-likeness (QED) is 0.934. The van der Waals surface area contributed by atoms with Crippen molar-refractivity contribution in [2.45, 2.75) is 32.9 Å². The van der Waals surface area contributed by atoms with Gasteiger partial charge in [0.1, 0.15) is 11.9 Å². The normalized spacial score (nSPS) is 17.3. The molecule has 0 saturated carbocycles. The molecule has 0 spiro atoms. The molecule has 0 aromatic carbocycles. The van der Waals surface area contributed by atoms with Crippen molar-refractivity contribution in [3.05, 3.63) is 40.1 Å². The molecule has 0 radical (unpaired) electrons. The first-order valence-electron chi connectivity index (χ1n) is 7.64. The van der Waals surface area contributed by atoms with Gasteiger partial charge in [0.25, 0.3) is 0 Å². The molecule has 2 amide bonds. The van der Waals surface area contributed by atoms with Crippen molar-refractivity contribution < 1.29 is 9.53 Å². The molecule has 3 rings (SSSR count). The Kier molecular flexibility index (Phi) is 4.76. The van der Waals surface area contributed by atoms with Gasteiger partial charge in [0.05, 0.1) is 30.0 Å². The summed E-state index contributed by atoms with van der Waals surface area (Å²) in [5.41, 5.74) is 0.993. The minimum atomic E-state index is -0.0484. The molecule has 6 nitrogen and oxygen atoms in total. The number of pyridine rings is 1. The van der Waals surface area contributed by atoms with E-state index >= 15 is 0 Å². The zero-order valence-electron chi connectivity index (χ0n) is 13.3. The number of thiazole rings is 1. The first kappa shape index (κ1) is 15.7. The third-order valence-electron chi connectivity index (χ3n) is 3.77. The lowest BCUT2D eigenvalue weighted by Gasteiger charge is -2.17. The molecule has 2 aromatic rings. The molecule has 0 aliphatic carbocycles. The van der Waals surface area contributed by atoms with E-state index in [1.54, 1.807) is 28.6 Å². The van der Waals surface area contributed by atoms with Gasteiger partial charge in [0.2, 0.25) is 0 Å². The van der Waals surface area contributed by atoms with Gasteiger partial charge in [0, 0.05) is 24.0 Å². The summed E-state index contributed by atoms with van der Waals surface area (Å²) in [5, 5.41) is 3.99. The molecule has 2 aromatic heterocycles. The third kappa shape index (κ3) is 3.98. The summed E-state index contributed by atoms with van der Waals surface area (Å²) < 4.78 is 5.85. The van der Waals surface area contributed by atoms with E-state index in [2.05, 4.69) is 15.3 Å². The van der Waals surface area contributed by atoms with Gasteiger partial charge in [-0.15, -0.1) is 11.3 Å². The molecule has 0 unspecified atom stereocenters. The SMILES string of the molecule is Cc1nc(C)c(CNC(=O)N2CC[C@H](Oc3cccnc3)C2)s1. The van der Waals surface area contributed by atoms with Crippen LogP contribution in [-0.4, -0.2) is 40.1 Å². The van der Waals surface area contributed by atoms with E-state index in [-0.39, 0.29) is 12.1 Å². The number of nitrogens with zero attached hydrogens (tertiary/aromatic N) is 3. The molecule has 1 fully saturated rings. The second-order valence-electron chi connectivity index (χ2n) is 5.56. The van der Waals surface area contributed by atoms with Crippen LogP contribution in [0.1, 0.15) is 22.0 Å². The molecule has 0 bridgehead atoms. The predicted octanol–water partition coefficient (Wildman–Crippen LogP) is 2.52. The molecule has 7 heteroatoms. The van der Waals surface area contributed by atoms with Crippen LogP contribution in [0.4, 0.5) is 4.79 Å². The van der Waals surface area contributed by atoms with E-state index in [4.69, 9.17) is 4.74 Å². The number of urea groups is 1. The lowest BCUT2D eigenvalue weighted by atomic mass is 10.3. The van der Waals surface area contributed by atoms with E-state index in [1.807, 2.05) is 26.0 Å². The van der Waals surface area contributed by atoms with Gasteiger partial charge >= 0.3 is 6.03 Å². The fourth-order valence-electron chi connectivity index (χ4n) is 2.62. The van der Waals surface area contributed by atoms with Crippen LogP contribution in [0.2, 0.25) is 0 Å². The molecule has 1 aliphatic rings. The number of rotatable bonds is 4. The van der Waals surface area contributed by atoms with Crippen LogP contribution in [0.3, 0.4) is 0 Å². The average Bonchev–Trinajstić information content (AvgIpc) is 3.12. The molecular weight excluding hydrogens is 312 g/mol. The average molecular weight is 332 g/mol. The lowest BCUT2D eigenvalue weighted by molar-refractivity contribution is 0.186. The summed E-state index contributed by atoms with van der Waals surface area (Å²) in [5.74, 6) is 0.746. The summed E-state index contributed by atoms with van der Waals surface area (Å²) in [6.45, 7) is 5.78. The summed E-state index contributed by atoms with van der Waals surface area (Å²) in [6.07, 6.45) is 4.26. The number of amides is 2. The van der Waals surface area contributed by atoms with Crippen LogP contribution in [0.25, 0.3) is 0 Å². The molecular formula is C16H20N4O2S. The number of nitrogens with one attached hydrogen (secondary N) is 1. The van der Waals surface area contributed by atoms with E-state index in [0.717, 1.165) is 27.7 Å². The highest BCUT2D eigenvalue weighted by atomic mass is 32.1. The highest BCUT2D eigenvalue weighted by Crippen LogP contribution is 2.19. The Hall–Kier alpha value is -2.15. The van der Waals surface area contributed by atoms with Crippen LogP contribution in [-0.2, 0) is 6.54 Å². The van der Waals surface area contributed by atoms with Crippen molar-refractivity contribution in [2.75, 3.05) is 13.1 Å². The Bertz CT molecular complexity index is 674. The Labute approximate surface area is 139 Å². The largest absolute Gasteiger partial charge is 0.487 e. The van der Waals surface area contributed by atoms with Gasteiger partial charge in [-0.3, -0.25) is 4.98 Å². The Morgan fingerprint density at radius 2 is 2.39 bits per heavy atom. The maximum Gasteiger partial charge on any atom is 0.317 e. The van der Waals surface area contributed by atoms with Gasteiger partial charge in [-0.1, -0.05) is 0 Å². The molecule has 1 atom stereocenters. The summed E-state index contributed by atoms with van der Waals surface area (Å²) in [4.78, 5) is 23.6. The highest BCUT2D eigenvalue weighted by Gasteiger charge is 2.27. The van der Waals surface area contributed by atoms with Crippen LogP contribution in [0, 0.1) is 13.8 Å². The molecule has 3 heterocycles. The van der Waals surface area contributed by atoms with Crippen molar-refractivity contribution in [1.29, 1.82) is 0 Å². The van der Waals surface area contributed by atoms with Crippen LogP contribution >= 0.6 is 11.3 Å². The molecule has 1 aliphatic heterocycles. The first-order valence-corrected chi connectivity index (χ1v) is 8.46. The van der Waals surface area contributed by atoms with Crippen molar-refractivity contribution in [1.82, 2.24) is 20.2 Å². The third-order valence-corrected chi connectivity index (χ3v) is 4.84. The van der Waals surface area contributed by atoms with Gasteiger partial charge in [-0.05, 0) is 26.0 Å². The second-order valence-corrected chi connectivity index (χ2v) is 6.85. The lowest BCUT2D eigenvalue weighted by Crippen LogP contribution is -2.39. The topological polar surface area (TPSA) is 67.4 Å². The Balaban J connectivity index is 1.48. The number of aryl methyl sites for hydroxylation is 2. The summed E-state index contributed by atoms with van der Waals surface area (Å²) >= 11 is 1.63. The van der Waals surface area contributed by atoms with Gasteiger partial charge < -0.3 is 15.0 Å². The number of ether oxygens (including phenoxy) is 1. The van der Waals surface area contributed by atoms with E-state index in [0.29, 0.717) is 19.6 Å². The smallest absolute Gasteiger partial charge is 0.317 e. The standard InChI is InChI=1S/C16H20N4O2S/c1-11-15(23-12(2)19-11)9-18-16(21)20-7-5-14(10-20)22-13-4-3-6-17-8-13/h3-4,6,8,14H,5,7,9-10H2,1-2H3,(H,18,21)/t14-/m0/s1. The predicted molar refractivity (Wildman–Crippen MR) is 88.7 cm³/mol. The fourth-order valence-corrected chi connectivity index (χ4v) is 3.50. The van der Waals surface area contributed by atoms with Crippen molar-refractivity contribution >= 4 is 17.4 Å². The monoisotopic (exact) mass is 332 g/mol. The number of carbonyl (C=O) groups excluding carboxylic acids is 1. The van der Waals surface area contributed by atoms with Crippen LogP contribution < -0.4 is 10.1 Å². The molecule has 23 heavy (non-hydrogen) atoms. The van der Waals surface area contributed by atoms with Gasteiger partial charge in [-0.2, -0.15) is 0 Å². The number of carbonyl (C=O) groups is 1. The zero-order valence-corrected chi connectivity index (χ0v) is 14.1. The number of likely N-dealkylation sites (tertiary alicyclic amines) is 1. The van der Waals surface area contributed by atoms with Gasteiger partial charge in [0.15, 0.2) is 0 Å². The van der Waals surface area contributed by atoms with Gasteiger partial charge in [-0.25, -0.2) is 9.78 Å². The maximum atomic E-state index is 12.3. The minimum absolute atomic E-state index is 0.0253. The van der Waals surface area contributed by atoms with E-state index in [1.165, 1.54) is 0 Å². The minimum Gasteiger partial charge on any atom is -0.487 e. The summed E-state index contributed by atoms with van der Waals surface area (Å²) in [6, 6.07) is 3.67. The molecule has 1 N–H and O–H groups in total. The van der Waals surface area contributed by atoms with E-state index < -0.39 is 0 Å².